The predicted octanol–water partition coefficient (Wildman–Crippen LogP) is 4.24. The van der Waals surface area contributed by atoms with Crippen molar-refractivity contribution < 1.29 is 4.39 Å². The molecule has 0 amide bonds. The van der Waals surface area contributed by atoms with Gasteiger partial charge in [-0.05, 0) is 41.5 Å². The molecule has 0 bridgehead atoms. The lowest BCUT2D eigenvalue weighted by Crippen LogP contribution is -2.19. The van der Waals surface area contributed by atoms with Crippen LogP contribution in [0.25, 0.3) is 5.70 Å². The minimum absolute atomic E-state index is 0.0917. The summed E-state index contributed by atoms with van der Waals surface area (Å²) in [4.78, 5) is 0. The molecule has 1 atom stereocenters. The number of fused-ring (bicyclic) bond motifs is 1. The van der Waals surface area contributed by atoms with Gasteiger partial charge in [0, 0.05) is 4.47 Å². The van der Waals surface area contributed by atoms with E-state index in [0.717, 1.165) is 21.3 Å². The molecule has 2 heterocycles. The lowest BCUT2D eigenvalue weighted by molar-refractivity contribution is 0.626. The Labute approximate surface area is 140 Å². The van der Waals surface area contributed by atoms with Crippen molar-refractivity contribution in [1.29, 1.82) is 0 Å². The van der Waals surface area contributed by atoms with E-state index in [1.54, 1.807) is 18.5 Å². The first kappa shape index (κ1) is 14.1. The summed E-state index contributed by atoms with van der Waals surface area (Å²) < 4.78 is 16.1. The monoisotopic (exact) mass is 370 g/mol. The molecule has 2 aromatic carbocycles. The van der Waals surface area contributed by atoms with Crippen LogP contribution < -0.4 is 5.32 Å². The molecule has 23 heavy (non-hydrogen) atoms. The van der Waals surface area contributed by atoms with Crippen molar-refractivity contribution in [2.45, 2.75) is 6.04 Å². The fourth-order valence-corrected chi connectivity index (χ4v) is 2.90. The molecule has 0 spiro atoms. The van der Waals surface area contributed by atoms with Crippen LogP contribution in [-0.4, -0.2) is 14.8 Å². The molecule has 6 heteroatoms. The van der Waals surface area contributed by atoms with Gasteiger partial charge in [0.25, 0.3) is 0 Å². The van der Waals surface area contributed by atoms with Gasteiger partial charge in [-0.3, -0.25) is 4.57 Å². The van der Waals surface area contributed by atoms with Gasteiger partial charge >= 0.3 is 0 Å². The number of rotatable bonds is 2. The highest BCUT2D eigenvalue weighted by atomic mass is 79.9. The van der Waals surface area contributed by atoms with Gasteiger partial charge in [0.2, 0.25) is 5.95 Å². The van der Waals surface area contributed by atoms with Gasteiger partial charge in [-0.1, -0.05) is 40.2 Å². The maximum Gasteiger partial charge on any atom is 0.229 e. The number of hydrogen-bond acceptors (Lipinski definition) is 3. The SMILES string of the molecule is Fc1ccc(C2C=C(c3ccc(Br)cc3)n3cnnc3N2)cc1. The van der Waals surface area contributed by atoms with Gasteiger partial charge < -0.3 is 5.32 Å². The summed E-state index contributed by atoms with van der Waals surface area (Å²) in [5, 5.41) is 11.4. The Morgan fingerprint density at radius 3 is 2.52 bits per heavy atom. The van der Waals surface area contributed by atoms with Gasteiger partial charge in [-0.15, -0.1) is 10.2 Å². The third-order valence-corrected chi connectivity index (χ3v) is 4.31. The van der Waals surface area contributed by atoms with Crippen molar-refractivity contribution >= 4 is 27.6 Å². The number of halogens is 2. The Morgan fingerprint density at radius 2 is 1.78 bits per heavy atom. The summed E-state index contributed by atoms with van der Waals surface area (Å²) in [5.41, 5.74) is 3.02. The highest BCUT2D eigenvalue weighted by molar-refractivity contribution is 9.10. The summed E-state index contributed by atoms with van der Waals surface area (Å²) in [6.07, 6.45) is 3.77. The summed E-state index contributed by atoms with van der Waals surface area (Å²) in [5.74, 6) is 0.421. The van der Waals surface area contributed by atoms with Crippen LogP contribution in [0.15, 0.2) is 65.4 Å². The van der Waals surface area contributed by atoms with E-state index in [9.17, 15) is 4.39 Å². The van der Waals surface area contributed by atoms with Crippen LogP contribution in [0.2, 0.25) is 0 Å². The summed E-state index contributed by atoms with van der Waals surface area (Å²) in [7, 11) is 0. The van der Waals surface area contributed by atoms with Crippen molar-refractivity contribution in [3.63, 3.8) is 0 Å². The van der Waals surface area contributed by atoms with E-state index >= 15 is 0 Å². The zero-order valence-corrected chi connectivity index (χ0v) is 13.5. The summed E-state index contributed by atoms with van der Waals surface area (Å²) in [6, 6.07) is 14.4. The highest BCUT2D eigenvalue weighted by Crippen LogP contribution is 2.32. The fourth-order valence-electron chi connectivity index (χ4n) is 2.63. The average molecular weight is 371 g/mol. The van der Waals surface area contributed by atoms with Gasteiger partial charge in [-0.25, -0.2) is 4.39 Å². The van der Waals surface area contributed by atoms with E-state index in [1.165, 1.54) is 12.1 Å². The first-order valence-electron chi connectivity index (χ1n) is 7.11. The largest absolute Gasteiger partial charge is 0.344 e. The molecule has 0 fully saturated rings. The van der Waals surface area contributed by atoms with Crippen molar-refractivity contribution in [2.75, 3.05) is 5.32 Å². The number of anilines is 1. The maximum atomic E-state index is 13.2. The van der Waals surface area contributed by atoms with Crippen molar-refractivity contribution in [2.24, 2.45) is 0 Å². The number of nitrogens with one attached hydrogen (secondary N) is 1. The molecule has 3 aromatic rings. The summed E-state index contributed by atoms with van der Waals surface area (Å²) >= 11 is 3.45. The van der Waals surface area contributed by atoms with Crippen LogP contribution in [0.3, 0.4) is 0 Å². The lowest BCUT2D eigenvalue weighted by atomic mass is 10.0. The van der Waals surface area contributed by atoms with Gasteiger partial charge in [0.1, 0.15) is 12.1 Å². The number of hydrogen-bond donors (Lipinski definition) is 1. The van der Waals surface area contributed by atoms with Crippen molar-refractivity contribution in [3.8, 4) is 0 Å². The molecule has 4 rings (SSSR count). The second-order valence-electron chi connectivity index (χ2n) is 5.26. The van der Waals surface area contributed by atoms with E-state index in [1.807, 2.05) is 28.8 Å². The second-order valence-corrected chi connectivity index (χ2v) is 6.17. The van der Waals surface area contributed by atoms with Gasteiger partial charge in [-0.2, -0.15) is 0 Å². The fraction of sp³-hybridized carbons (Fsp3) is 0.0588. The topological polar surface area (TPSA) is 42.7 Å². The van der Waals surface area contributed by atoms with E-state index < -0.39 is 0 Å². The first-order valence-corrected chi connectivity index (χ1v) is 7.90. The van der Waals surface area contributed by atoms with Gasteiger partial charge in [0.05, 0.1) is 11.7 Å². The van der Waals surface area contributed by atoms with Crippen molar-refractivity contribution in [3.05, 3.63) is 82.4 Å². The zero-order valence-electron chi connectivity index (χ0n) is 11.9. The van der Waals surface area contributed by atoms with E-state index in [2.05, 4.69) is 37.5 Å². The summed E-state index contributed by atoms with van der Waals surface area (Å²) in [6.45, 7) is 0. The Kier molecular flexibility index (Phi) is 3.46. The smallest absolute Gasteiger partial charge is 0.229 e. The predicted molar refractivity (Wildman–Crippen MR) is 90.3 cm³/mol. The quantitative estimate of drug-likeness (QED) is 0.733. The van der Waals surface area contributed by atoms with Crippen LogP contribution in [0, 0.1) is 5.82 Å². The normalized spacial score (nSPS) is 16.4. The molecule has 1 aromatic heterocycles. The molecular weight excluding hydrogens is 359 g/mol. The molecule has 1 aliphatic rings. The standard InChI is InChI=1S/C17H12BrFN4/c18-13-5-1-12(2-6-13)16-9-15(11-3-7-14(19)8-4-11)21-17-22-20-10-23(16)17/h1-10,15H,(H,21,22). The Balaban J connectivity index is 1.80. The minimum Gasteiger partial charge on any atom is -0.344 e. The van der Waals surface area contributed by atoms with E-state index in [-0.39, 0.29) is 11.9 Å². The van der Waals surface area contributed by atoms with Crippen molar-refractivity contribution in [1.82, 2.24) is 14.8 Å². The maximum absolute atomic E-state index is 13.2. The van der Waals surface area contributed by atoms with Crippen LogP contribution in [0.1, 0.15) is 17.2 Å². The van der Waals surface area contributed by atoms with Crippen LogP contribution in [0.4, 0.5) is 10.3 Å². The zero-order chi connectivity index (χ0) is 15.8. The molecule has 1 N–H and O–H groups in total. The molecule has 0 saturated carbocycles. The van der Waals surface area contributed by atoms with Gasteiger partial charge in [0.15, 0.2) is 0 Å². The molecule has 0 saturated heterocycles. The highest BCUT2D eigenvalue weighted by Gasteiger charge is 2.22. The minimum atomic E-state index is -0.246. The number of nitrogens with zero attached hydrogens (tertiary/aromatic N) is 3. The van der Waals surface area contributed by atoms with Crippen LogP contribution >= 0.6 is 15.9 Å². The van der Waals surface area contributed by atoms with Crippen LogP contribution in [-0.2, 0) is 0 Å². The Bertz CT molecular complexity index is 868. The molecule has 1 unspecified atom stereocenters. The molecule has 0 aliphatic carbocycles. The molecular formula is C17H12BrFN4. The number of benzene rings is 2. The van der Waals surface area contributed by atoms with E-state index in [0.29, 0.717) is 5.95 Å². The second kappa shape index (κ2) is 5.62. The third kappa shape index (κ3) is 2.66. The lowest BCUT2D eigenvalue weighted by Gasteiger charge is -2.24. The molecule has 1 aliphatic heterocycles. The average Bonchev–Trinajstić information content (AvgIpc) is 3.04. The van der Waals surface area contributed by atoms with Crippen LogP contribution in [0.5, 0.6) is 0 Å². The number of aromatic nitrogens is 3. The first-order chi connectivity index (χ1) is 11.2. The van der Waals surface area contributed by atoms with E-state index in [4.69, 9.17) is 0 Å². The third-order valence-electron chi connectivity index (χ3n) is 3.79. The molecule has 0 radical (unpaired) electrons. The molecule has 4 nitrogen and oxygen atoms in total. The Hall–Kier alpha value is -2.47. The Morgan fingerprint density at radius 1 is 1.04 bits per heavy atom. The molecule has 114 valence electrons.